The van der Waals surface area contributed by atoms with Crippen molar-refractivity contribution >= 4 is 17.5 Å². The summed E-state index contributed by atoms with van der Waals surface area (Å²) in [4.78, 5) is 30.2. The summed E-state index contributed by atoms with van der Waals surface area (Å²) >= 11 is 0. The van der Waals surface area contributed by atoms with Crippen LogP contribution in [0.5, 0.6) is 5.75 Å². The number of benzene rings is 2. The molecule has 5 heteroatoms. The standard InChI is InChI=1S/C24H28N2O3/c1-24(2,3)14-22(27)25-16-18-13-20(25)23(28)26(15-17-9-5-4-6-10-17)19-11-7-8-12-21(19)29-18/h4-12,18,20H,13-16H2,1-3H3/t18-,20-/m0/s1. The molecule has 29 heavy (non-hydrogen) atoms. The molecule has 2 heterocycles. The summed E-state index contributed by atoms with van der Waals surface area (Å²) in [6.45, 7) is 7.03. The predicted octanol–water partition coefficient (Wildman–Crippen LogP) is 4.02. The van der Waals surface area contributed by atoms with Gasteiger partial charge < -0.3 is 14.5 Å². The number of carbonyl (C=O) groups is 2. The third-order valence-corrected chi connectivity index (χ3v) is 5.45. The number of carbonyl (C=O) groups excluding carboxylic acids is 2. The maximum atomic E-state index is 13.7. The summed E-state index contributed by atoms with van der Waals surface area (Å²) in [5, 5.41) is 0. The molecule has 1 fully saturated rings. The summed E-state index contributed by atoms with van der Waals surface area (Å²) in [5.74, 6) is 0.687. The monoisotopic (exact) mass is 392 g/mol. The first-order valence-electron chi connectivity index (χ1n) is 10.2. The van der Waals surface area contributed by atoms with Gasteiger partial charge in [-0.05, 0) is 23.1 Å². The van der Waals surface area contributed by atoms with Gasteiger partial charge in [-0.2, -0.15) is 0 Å². The van der Waals surface area contributed by atoms with E-state index in [4.69, 9.17) is 4.74 Å². The van der Waals surface area contributed by atoms with Crippen LogP contribution in [0, 0.1) is 5.41 Å². The molecular formula is C24H28N2O3. The van der Waals surface area contributed by atoms with Crippen molar-refractivity contribution in [3.05, 3.63) is 60.2 Å². The van der Waals surface area contributed by atoms with Gasteiger partial charge in [-0.15, -0.1) is 0 Å². The maximum absolute atomic E-state index is 13.7. The van der Waals surface area contributed by atoms with Crippen LogP contribution in [0.25, 0.3) is 0 Å². The number of ether oxygens (including phenoxy) is 1. The Kier molecular flexibility index (Phi) is 5.07. The van der Waals surface area contributed by atoms with E-state index in [1.807, 2.05) is 75.4 Å². The van der Waals surface area contributed by atoms with E-state index < -0.39 is 6.04 Å². The van der Waals surface area contributed by atoms with Gasteiger partial charge in [0.2, 0.25) is 11.8 Å². The smallest absolute Gasteiger partial charge is 0.250 e. The Morgan fingerprint density at radius 2 is 1.76 bits per heavy atom. The van der Waals surface area contributed by atoms with E-state index in [1.54, 1.807) is 9.80 Å². The second kappa shape index (κ2) is 7.54. The molecule has 0 spiro atoms. The number of anilines is 1. The molecule has 152 valence electrons. The largest absolute Gasteiger partial charge is 0.486 e. The van der Waals surface area contributed by atoms with Gasteiger partial charge in [0.05, 0.1) is 18.8 Å². The highest BCUT2D eigenvalue weighted by atomic mass is 16.5. The van der Waals surface area contributed by atoms with E-state index in [-0.39, 0.29) is 23.3 Å². The minimum atomic E-state index is -0.480. The molecule has 2 aliphatic heterocycles. The molecule has 4 rings (SSSR count). The zero-order valence-corrected chi connectivity index (χ0v) is 17.3. The van der Waals surface area contributed by atoms with Gasteiger partial charge in [-0.25, -0.2) is 0 Å². The van der Waals surface area contributed by atoms with Crippen LogP contribution < -0.4 is 9.64 Å². The minimum Gasteiger partial charge on any atom is -0.486 e. The van der Waals surface area contributed by atoms with Gasteiger partial charge >= 0.3 is 0 Å². The Hall–Kier alpha value is -2.82. The summed E-state index contributed by atoms with van der Waals surface area (Å²) in [6, 6.07) is 17.1. The molecule has 1 saturated heterocycles. The summed E-state index contributed by atoms with van der Waals surface area (Å²) in [5.41, 5.74) is 1.68. The molecule has 2 amide bonds. The number of hydrogen-bond acceptors (Lipinski definition) is 3. The predicted molar refractivity (Wildman–Crippen MR) is 113 cm³/mol. The van der Waals surface area contributed by atoms with Gasteiger partial charge in [0.1, 0.15) is 17.9 Å². The van der Waals surface area contributed by atoms with Crippen LogP contribution in [0.1, 0.15) is 39.2 Å². The van der Waals surface area contributed by atoms with E-state index in [2.05, 4.69) is 0 Å². The Bertz CT molecular complexity index is 904. The van der Waals surface area contributed by atoms with E-state index in [0.29, 0.717) is 31.7 Å². The third kappa shape index (κ3) is 4.14. The lowest BCUT2D eigenvalue weighted by molar-refractivity contribution is -0.139. The Labute approximate surface area is 172 Å². The average molecular weight is 392 g/mol. The first kappa shape index (κ1) is 19.5. The molecule has 0 unspecified atom stereocenters. The first-order chi connectivity index (χ1) is 13.8. The van der Waals surface area contributed by atoms with Crippen molar-refractivity contribution in [2.24, 2.45) is 5.41 Å². The average Bonchev–Trinajstić information content (AvgIpc) is 3.10. The number of amides is 2. The van der Waals surface area contributed by atoms with E-state index in [1.165, 1.54) is 0 Å². The van der Waals surface area contributed by atoms with Crippen molar-refractivity contribution in [1.29, 1.82) is 0 Å². The zero-order valence-electron chi connectivity index (χ0n) is 17.3. The van der Waals surface area contributed by atoms with Gasteiger partial charge in [0.15, 0.2) is 0 Å². The topological polar surface area (TPSA) is 49.9 Å². The minimum absolute atomic E-state index is 0.0209. The SMILES string of the molecule is CC(C)(C)CC(=O)N1C[C@@H]2C[C@H]1C(=O)N(Cc1ccccc1)c1ccccc1O2. The highest BCUT2D eigenvalue weighted by Gasteiger charge is 2.45. The Morgan fingerprint density at radius 3 is 2.48 bits per heavy atom. The number of para-hydroxylation sites is 2. The quantitative estimate of drug-likeness (QED) is 0.793. The number of fused-ring (bicyclic) bond motifs is 3. The maximum Gasteiger partial charge on any atom is 0.250 e. The molecule has 2 atom stereocenters. The van der Waals surface area contributed by atoms with Gasteiger partial charge in [-0.3, -0.25) is 9.59 Å². The molecule has 2 aromatic carbocycles. The molecule has 0 aliphatic carbocycles. The fraction of sp³-hybridized carbons (Fsp3) is 0.417. The van der Waals surface area contributed by atoms with Crippen molar-refractivity contribution in [2.75, 3.05) is 11.4 Å². The van der Waals surface area contributed by atoms with Crippen LogP contribution in [0.2, 0.25) is 0 Å². The fourth-order valence-corrected chi connectivity index (χ4v) is 4.13. The molecule has 2 aliphatic rings. The lowest BCUT2D eigenvalue weighted by Gasteiger charge is -2.32. The van der Waals surface area contributed by atoms with E-state index >= 15 is 0 Å². The number of likely N-dealkylation sites (tertiary alicyclic amines) is 1. The highest BCUT2D eigenvalue weighted by Crippen LogP contribution is 2.37. The first-order valence-corrected chi connectivity index (χ1v) is 10.2. The van der Waals surface area contributed by atoms with Gasteiger partial charge in [0.25, 0.3) is 0 Å². The van der Waals surface area contributed by atoms with Crippen molar-refractivity contribution in [2.45, 2.75) is 52.3 Å². The van der Waals surface area contributed by atoms with Crippen LogP contribution in [-0.2, 0) is 16.1 Å². The van der Waals surface area contributed by atoms with E-state index in [0.717, 1.165) is 11.3 Å². The van der Waals surface area contributed by atoms with Crippen molar-refractivity contribution < 1.29 is 14.3 Å². The summed E-state index contributed by atoms with van der Waals surface area (Å²) in [7, 11) is 0. The number of nitrogens with zero attached hydrogens (tertiary/aromatic N) is 2. The zero-order chi connectivity index (χ0) is 20.6. The third-order valence-electron chi connectivity index (χ3n) is 5.45. The molecule has 0 radical (unpaired) electrons. The second-order valence-electron chi connectivity index (χ2n) is 9.15. The highest BCUT2D eigenvalue weighted by molar-refractivity contribution is 6.01. The lowest BCUT2D eigenvalue weighted by atomic mass is 9.91. The molecule has 0 saturated carbocycles. The van der Waals surface area contributed by atoms with Crippen LogP contribution in [0.15, 0.2) is 54.6 Å². The second-order valence-corrected chi connectivity index (χ2v) is 9.15. The molecule has 0 N–H and O–H groups in total. The van der Waals surface area contributed by atoms with Crippen LogP contribution in [0.4, 0.5) is 5.69 Å². The van der Waals surface area contributed by atoms with Crippen molar-refractivity contribution in [3.8, 4) is 5.75 Å². The molecular weight excluding hydrogens is 364 g/mol. The van der Waals surface area contributed by atoms with Crippen molar-refractivity contribution in [1.82, 2.24) is 4.90 Å². The van der Waals surface area contributed by atoms with Crippen molar-refractivity contribution in [3.63, 3.8) is 0 Å². The summed E-state index contributed by atoms with van der Waals surface area (Å²) in [6.07, 6.45) is 0.789. The van der Waals surface area contributed by atoms with Crippen LogP contribution in [-0.4, -0.2) is 35.4 Å². The molecule has 2 aromatic rings. The molecule has 0 aromatic heterocycles. The number of rotatable bonds is 3. The molecule has 5 nitrogen and oxygen atoms in total. The Balaban J connectivity index is 1.69. The number of hydrogen-bond donors (Lipinski definition) is 0. The Morgan fingerprint density at radius 1 is 1.07 bits per heavy atom. The van der Waals surface area contributed by atoms with Gasteiger partial charge in [0, 0.05) is 12.8 Å². The molecule has 2 bridgehead atoms. The normalized spacial score (nSPS) is 21.3. The van der Waals surface area contributed by atoms with Crippen LogP contribution >= 0.6 is 0 Å². The van der Waals surface area contributed by atoms with Gasteiger partial charge in [-0.1, -0.05) is 63.2 Å². The van der Waals surface area contributed by atoms with E-state index in [9.17, 15) is 9.59 Å². The van der Waals surface area contributed by atoms with Crippen LogP contribution in [0.3, 0.4) is 0 Å². The summed E-state index contributed by atoms with van der Waals surface area (Å²) < 4.78 is 6.27. The lowest BCUT2D eigenvalue weighted by Crippen LogP contribution is -2.48. The fourth-order valence-electron chi connectivity index (χ4n) is 4.13.